The van der Waals surface area contributed by atoms with Gasteiger partial charge in [0.2, 0.25) is 0 Å². The number of aryl methyl sites for hydroxylation is 2. The monoisotopic (exact) mass is 249 g/mol. The van der Waals surface area contributed by atoms with Crippen molar-refractivity contribution in [1.82, 2.24) is 15.1 Å². The van der Waals surface area contributed by atoms with Crippen molar-refractivity contribution in [2.24, 2.45) is 7.05 Å². The molecule has 4 nitrogen and oxygen atoms in total. The molecular weight excluding hydrogens is 226 g/mol. The molecule has 0 fully saturated rings. The highest BCUT2D eigenvalue weighted by molar-refractivity contribution is 5.33. The van der Waals surface area contributed by atoms with Gasteiger partial charge in [0, 0.05) is 24.7 Å². The number of nitrogens with zero attached hydrogens (tertiary/aromatic N) is 2. The molecule has 1 unspecified atom stereocenters. The van der Waals surface area contributed by atoms with Crippen molar-refractivity contribution >= 4 is 0 Å². The van der Waals surface area contributed by atoms with Crippen molar-refractivity contribution in [3.63, 3.8) is 0 Å². The summed E-state index contributed by atoms with van der Waals surface area (Å²) in [7, 11) is 1.99. The fourth-order valence-corrected chi connectivity index (χ4v) is 2.48. The maximum absolute atomic E-state index is 5.75. The van der Waals surface area contributed by atoms with Crippen molar-refractivity contribution < 1.29 is 4.74 Å². The Balaban J connectivity index is 2.32. The summed E-state index contributed by atoms with van der Waals surface area (Å²) in [6.07, 6.45) is 4.32. The lowest BCUT2D eigenvalue weighted by Crippen LogP contribution is -2.25. The van der Waals surface area contributed by atoms with Gasteiger partial charge in [-0.05, 0) is 32.9 Å². The van der Waals surface area contributed by atoms with Crippen LogP contribution in [0.1, 0.15) is 42.8 Å². The fraction of sp³-hybridized carbons (Fsp3) is 0.643. The Kier molecular flexibility index (Phi) is 4.07. The summed E-state index contributed by atoms with van der Waals surface area (Å²) in [5, 5.41) is 8.08. The fourth-order valence-electron chi connectivity index (χ4n) is 2.48. The van der Waals surface area contributed by atoms with E-state index < -0.39 is 0 Å². The van der Waals surface area contributed by atoms with Crippen LogP contribution in [0.5, 0.6) is 0 Å². The molecule has 0 saturated heterocycles. The Morgan fingerprint density at radius 2 is 2.28 bits per heavy atom. The number of aromatic nitrogens is 2. The summed E-state index contributed by atoms with van der Waals surface area (Å²) in [6.45, 7) is 8.15. The van der Waals surface area contributed by atoms with Crippen LogP contribution < -0.4 is 5.32 Å². The van der Waals surface area contributed by atoms with Gasteiger partial charge in [-0.3, -0.25) is 4.68 Å². The lowest BCUT2D eigenvalue weighted by atomic mass is 10.0. The van der Waals surface area contributed by atoms with Gasteiger partial charge < -0.3 is 10.1 Å². The van der Waals surface area contributed by atoms with E-state index in [-0.39, 0.29) is 6.04 Å². The first kappa shape index (κ1) is 13.1. The van der Waals surface area contributed by atoms with E-state index in [9.17, 15) is 0 Å². The van der Waals surface area contributed by atoms with Crippen LogP contribution in [-0.4, -0.2) is 22.9 Å². The second kappa shape index (κ2) is 5.57. The zero-order valence-corrected chi connectivity index (χ0v) is 11.8. The largest absolute Gasteiger partial charge is 0.496 e. The highest BCUT2D eigenvalue weighted by Gasteiger charge is 2.25. The molecule has 1 atom stereocenters. The average Bonchev–Trinajstić information content (AvgIpc) is 2.93. The summed E-state index contributed by atoms with van der Waals surface area (Å²) in [6, 6.07) is 0.154. The number of rotatable bonds is 5. The molecule has 0 aromatic carbocycles. The normalized spacial score (nSPS) is 16.6. The minimum Gasteiger partial charge on any atom is -0.496 e. The van der Waals surface area contributed by atoms with Gasteiger partial charge in [-0.1, -0.05) is 6.92 Å². The van der Waals surface area contributed by atoms with Gasteiger partial charge in [0.15, 0.2) is 0 Å². The number of hydrogen-bond donors (Lipinski definition) is 1. The summed E-state index contributed by atoms with van der Waals surface area (Å²) < 4.78 is 7.69. The molecule has 0 saturated carbocycles. The molecular formula is C14H23N3O. The van der Waals surface area contributed by atoms with Gasteiger partial charge in [0.1, 0.15) is 5.76 Å². The van der Waals surface area contributed by atoms with Crippen LogP contribution in [0.2, 0.25) is 0 Å². The van der Waals surface area contributed by atoms with Crippen LogP contribution in [0, 0.1) is 13.8 Å². The van der Waals surface area contributed by atoms with E-state index >= 15 is 0 Å². The Labute approximate surface area is 109 Å². The number of ether oxygens (including phenoxy) is 1. The van der Waals surface area contributed by atoms with Crippen LogP contribution >= 0.6 is 0 Å². The van der Waals surface area contributed by atoms with Crippen LogP contribution in [0.4, 0.5) is 0 Å². The Morgan fingerprint density at radius 1 is 1.50 bits per heavy atom. The molecule has 1 aromatic heterocycles. The van der Waals surface area contributed by atoms with E-state index in [4.69, 9.17) is 4.74 Å². The Hall–Kier alpha value is -1.29. The van der Waals surface area contributed by atoms with Gasteiger partial charge in [0.25, 0.3) is 0 Å². The van der Waals surface area contributed by atoms with E-state index in [0.717, 1.165) is 37.4 Å². The van der Waals surface area contributed by atoms with E-state index in [0.29, 0.717) is 0 Å². The second-order valence-electron chi connectivity index (χ2n) is 4.84. The van der Waals surface area contributed by atoms with Gasteiger partial charge in [-0.2, -0.15) is 5.10 Å². The maximum Gasteiger partial charge on any atom is 0.114 e. The summed E-state index contributed by atoms with van der Waals surface area (Å²) in [5.74, 6) is 1.06. The third-order valence-corrected chi connectivity index (χ3v) is 3.47. The van der Waals surface area contributed by atoms with Gasteiger partial charge in [-0.25, -0.2) is 0 Å². The first-order valence-corrected chi connectivity index (χ1v) is 6.71. The van der Waals surface area contributed by atoms with Crippen molar-refractivity contribution in [1.29, 1.82) is 0 Å². The van der Waals surface area contributed by atoms with Crippen LogP contribution in [0.15, 0.2) is 11.8 Å². The van der Waals surface area contributed by atoms with Crippen LogP contribution in [0.3, 0.4) is 0 Å². The molecule has 2 heterocycles. The summed E-state index contributed by atoms with van der Waals surface area (Å²) in [5.41, 5.74) is 3.55. The van der Waals surface area contributed by atoms with Crippen molar-refractivity contribution in [2.75, 3.05) is 13.2 Å². The maximum atomic E-state index is 5.75. The van der Waals surface area contributed by atoms with E-state index in [2.05, 4.69) is 37.3 Å². The highest BCUT2D eigenvalue weighted by atomic mass is 16.5. The van der Waals surface area contributed by atoms with Crippen molar-refractivity contribution in [3.8, 4) is 0 Å². The molecule has 1 aromatic rings. The zero-order valence-electron chi connectivity index (χ0n) is 11.8. The molecule has 0 aliphatic carbocycles. The second-order valence-corrected chi connectivity index (χ2v) is 4.84. The van der Waals surface area contributed by atoms with Crippen molar-refractivity contribution in [3.05, 3.63) is 28.8 Å². The Bertz CT molecular complexity index is 448. The third kappa shape index (κ3) is 2.43. The predicted molar refractivity (Wildman–Crippen MR) is 72.4 cm³/mol. The zero-order chi connectivity index (χ0) is 13.1. The lowest BCUT2D eigenvalue weighted by molar-refractivity contribution is 0.215. The van der Waals surface area contributed by atoms with Crippen molar-refractivity contribution in [2.45, 2.75) is 39.7 Å². The van der Waals surface area contributed by atoms with Crippen LogP contribution in [-0.2, 0) is 11.8 Å². The smallest absolute Gasteiger partial charge is 0.114 e. The predicted octanol–water partition coefficient (Wildman–Crippen LogP) is 2.38. The highest BCUT2D eigenvalue weighted by Crippen LogP contribution is 2.30. The standard InChI is InChI=1S/C14H23N3O/c1-5-8-15-14(12-7-6-9-18-12)13-10(2)16-17(4)11(13)3/h7,14-15H,5-6,8-9H2,1-4H3. The molecule has 2 rings (SSSR count). The van der Waals surface area contributed by atoms with E-state index in [1.54, 1.807) is 0 Å². The lowest BCUT2D eigenvalue weighted by Gasteiger charge is -2.20. The van der Waals surface area contributed by atoms with Crippen LogP contribution in [0.25, 0.3) is 0 Å². The van der Waals surface area contributed by atoms with Gasteiger partial charge in [-0.15, -0.1) is 0 Å². The van der Waals surface area contributed by atoms with E-state index in [1.165, 1.54) is 11.3 Å². The Morgan fingerprint density at radius 3 is 2.78 bits per heavy atom. The molecule has 100 valence electrons. The summed E-state index contributed by atoms with van der Waals surface area (Å²) in [4.78, 5) is 0. The third-order valence-electron chi connectivity index (χ3n) is 3.47. The average molecular weight is 249 g/mol. The summed E-state index contributed by atoms with van der Waals surface area (Å²) >= 11 is 0. The molecule has 4 heteroatoms. The first-order valence-electron chi connectivity index (χ1n) is 6.71. The molecule has 1 aliphatic rings. The van der Waals surface area contributed by atoms with E-state index in [1.807, 2.05) is 11.7 Å². The van der Waals surface area contributed by atoms with Gasteiger partial charge in [0.05, 0.1) is 18.3 Å². The number of hydrogen-bond acceptors (Lipinski definition) is 3. The first-order chi connectivity index (χ1) is 8.65. The van der Waals surface area contributed by atoms with Gasteiger partial charge >= 0.3 is 0 Å². The minimum atomic E-state index is 0.154. The molecule has 0 spiro atoms. The number of nitrogens with one attached hydrogen (secondary N) is 1. The molecule has 1 N–H and O–H groups in total. The molecule has 1 aliphatic heterocycles. The SMILES string of the molecule is CCCNC(C1=CCCO1)c1c(C)nn(C)c1C. The molecule has 0 radical (unpaired) electrons. The quantitative estimate of drug-likeness (QED) is 0.871. The minimum absolute atomic E-state index is 0.154. The topological polar surface area (TPSA) is 39.1 Å². The molecule has 18 heavy (non-hydrogen) atoms. The molecule has 0 amide bonds. The molecule has 0 bridgehead atoms.